The van der Waals surface area contributed by atoms with Crippen molar-refractivity contribution in [3.8, 4) is 0 Å². The Hall–Kier alpha value is -1.40. The van der Waals surface area contributed by atoms with E-state index in [0.29, 0.717) is 5.92 Å². The lowest BCUT2D eigenvalue weighted by Gasteiger charge is -2.12. The fraction of sp³-hybridized carbons (Fsp3) is 0.417. The predicted octanol–water partition coefficient (Wildman–Crippen LogP) is 2.91. The minimum Gasteiger partial charge on any atom is -0.211 e. The molecule has 2 nitrogen and oxygen atoms in total. The zero-order valence-electron chi connectivity index (χ0n) is 8.53. The highest BCUT2D eigenvalue weighted by molar-refractivity contribution is 5.35. The van der Waals surface area contributed by atoms with E-state index in [1.165, 1.54) is 0 Å². The van der Waals surface area contributed by atoms with Gasteiger partial charge in [-0.05, 0) is 24.0 Å². The van der Waals surface area contributed by atoms with Crippen molar-refractivity contribution in [1.82, 2.24) is 0 Å². The maximum atomic E-state index is 10.3. The van der Waals surface area contributed by atoms with Gasteiger partial charge >= 0.3 is 0 Å². The van der Waals surface area contributed by atoms with Gasteiger partial charge in [0.1, 0.15) is 0 Å². The molecule has 1 aromatic rings. The summed E-state index contributed by atoms with van der Waals surface area (Å²) >= 11 is 0. The normalized spacial score (nSPS) is 12.2. The van der Waals surface area contributed by atoms with Crippen molar-refractivity contribution in [2.45, 2.75) is 26.3 Å². The van der Waals surface area contributed by atoms with Crippen LogP contribution in [0.15, 0.2) is 29.3 Å². The highest BCUT2D eigenvalue weighted by Gasteiger charge is 2.11. The molecule has 1 aromatic carbocycles. The van der Waals surface area contributed by atoms with Crippen LogP contribution in [0.25, 0.3) is 0 Å². The first-order valence-corrected chi connectivity index (χ1v) is 4.77. The molecule has 1 radical (unpaired) electrons. The van der Waals surface area contributed by atoms with Gasteiger partial charge in [-0.25, -0.2) is 4.79 Å². The van der Waals surface area contributed by atoms with Crippen molar-refractivity contribution >= 4 is 6.08 Å². The van der Waals surface area contributed by atoms with Gasteiger partial charge in [-0.2, -0.15) is 4.99 Å². The van der Waals surface area contributed by atoms with Crippen LogP contribution in [0.2, 0.25) is 0 Å². The molecule has 0 fully saturated rings. The molecule has 1 atom stereocenters. The summed E-state index contributed by atoms with van der Waals surface area (Å²) in [5.74, 6) is 0.505. The number of hydrogen-bond acceptors (Lipinski definition) is 2. The van der Waals surface area contributed by atoms with Crippen LogP contribution in [0.3, 0.4) is 0 Å². The summed E-state index contributed by atoms with van der Waals surface area (Å²) in [7, 11) is 0. The van der Waals surface area contributed by atoms with Crippen molar-refractivity contribution in [3.05, 3.63) is 35.9 Å². The number of benzene rings is 1. The van der Waals surface area contributed by atoms with Crippen molar-refractivity contribution in [2.75, 3.05) is 0 Å². The van der Waals surface area contributed by atoms with E-state index in [1.54, 1.807) is 6.08 Å². The van der Waals surface area contributed by atoms with Crippen molar-refractivity contribution < 1.29 is 4.79 Å². The fourth-order valence-electron chi connectivity index (χ4n) is 1.37. The smallest absolute Gasteiger partial charge is 0.211 e. The molecular formula is C12H14NO. The van der Waals surface area contributed by atoms with Gasteiger partial charge in [0.2, 0.25) is 6.08 Å². The highest BCUT2D eigenvalue weighted by atomic mass is 16.1. The van der Waals surface area contributed by atoms with Gasteiger partial charge in [0, 0.05) is 0 Å². The van der Waals surface area contributed by atoms with Gasteiger partial charge in [0.05, 0.1) is 6.04 Å². The standard InChI is InChI=1S/C12H14NO/c1-10(2)8-12(13-9-14)11-6-4-3-5-7-11/h3-6,10,12H,8H2,1-2H3. The van der Waals surface area contributed by atoms with Gasteiger partial charge in [-0.1, -0.05) is 38.1 Å². The molecule has 1 rings (SSSR count). The van der Waals surface area contributed by atoms with Crippen LogP contribution in [-0.2, 0) is 4.79 Å². The third kappa shape index (κ3) is 3.15. The molecule has 0 aromatic heterocycles. The zero-order chi connectivity index (χ0) is 10.4. The van der Waals surface area contributed by atoms with E-state index in [0.717, 1.165) is 12.0 Å². The summed E-state index contributed by atoms with van der Waals surface area (Å²) in [5, 5.41) is 0. The molecule has 0 spiro atoms. The van der Waals surface area contributed by atoms with Crippen LogP contribution in [0, 0.1) is 12.0 Å². The average Bonchev–Trinajstić information content (AvgIpc) is 2.18. The molecule has 0 aliphatic heterocycles. The molecule has 0 saturated carbocycles. The van der Waals surface area contributed by atoms with Crippen LogP contribution < -0.4 is 0 Å². The lowest BCUT2D eigenvalue weighted by atomic mass is 9.98. The minimum atomic E-state index is -0.0892. The van der Waals surface area contributed by atoms with Crippen LogP contribution in [0.5, 0.6) is 0 Å². The maximum Gasteiger partial charge on any atom is 0.235 e. The molecule has 1 unspecified atom stereocenters. The first-order valence-electron chi connectivity index (χ1n) is 4.77. The van der Waals surface area contributed by atoms with Gasteiger partial charge < -0.3 is 0 Å². The largest absolute Gasteiger partial charge is 0.235 e. The van der Waals surface area contributed by atoms with Crippen molar-refractivity contribution in [3.63, 3.8) is 0 Å². The summed E-state index contributed by atoms with van der Waals surface area (Å²) in [6, 6.07) is 10.6. The molecule has 0 heterocycles. The number of carbonyl (C=O) groups excluding carboxylic acids is 1. The maximum absolute atomic E-state index is 10.3. The number of rotatable bonds is 4. The number of isocyanates is 1. The fourth-order valence-corrected chi connectivity index (χ4v) is 1.37. The van der Waals surface area contributed by atoms with Crippen LogP contribution in [0.1, 0.15) is 31.9 Å². The van der Waals surface area contributed by atoms with Crippen molar-refractivity contribution in [1.29, 1.82) is 0 Å². The Morgan fingerprint density at radius 2 is 2.29 bits per heavy atom. The van der Waals surface area contributed by atoms with Gasteiger partial charge in [-0.15, -0.1) is 0 Å². The first-order chi connectivity index (χ1) is 6.74. The summed E-state index contributed by atoms with van der Waals surface area (Å²) in [4.78, 5) is 14.1. The topological polar surface area (TPSA) is 29.4 Å². The zero-order valence-corrected chi connectivity index (χ0v) is 8.53. The van der Waals surface area contributed by atoms with Gasteiger partial charge in [0.25, 0.3) is 0 Å². The predicted molar refractivity (Wildman–Crippen MR) is 55.6 cm³/mol. The van der Waals surface area contributed by atoms with Crippen LogP contribution in [0.4, 0.5) is 0 Å². The molecule has 0 bridgehead atoms. The monoisotopic (exact) mass is 188 g/mol. The number of hydrogen-bond donors (Lipinski definition) is 0. The Balaban J connectivity index is 2.83. The number of aliphatic imine (C=N–C) groups is 1. The lowest BCUT2D eigenvalue weighted by molar-refractivity contribution is 0.502. The van der Waals surface area contributed by atoms with E-state index in [9.17, 15) is 4.79 Å². The Labute approximate surface area is 84.7 Å². The summed E-state index contributed by atoms with van der Waals surface area (Å²) in [5.41, 5.74) is 0.963. The molecule has 0 amide bonds. The Morgan fingerprint density at radius 3 is 2.79 bits per heavy atom. The molecule has 0 aliphatic carbocycles. The second kappa shape index (κ2) is 5.36. The molecule has 14 heavy (non-hydrogen) atoms. The van der Waals surface area contributed by atoms with E-state index in [1.807, 2.05) is 24.3 Å². The molecule has 0 aliphatic rings. The minimum absolute atomic E-state index is 0.0892. The summed E-state index contributed by atoms with van der Waals surface area (Å²) in [6.07, 6.45) is 2.48. The van der Waals surface area contributed by atoms with E-state index < -0.39 is 0 Å². The molecular weight excluding hydrogens is 174 g/mol. The summed E-state index contributed by atoms with van der Waals surface area (Å²) < 4.78 is 0. The molecule has 2 heteroatoms. The second-order valence-corrected chi connectivity index (χ2v) is 3.68. The first kappa shape index (κ1) is 10.7. The molecule has 0 saturated heterocycles. The second-order valence-electron chi connectivity index (χ2n) is 3.68. The third-order valence-corrected chi connectivity index (χ3v) is 2.00. The van der Waals surface area contributed by atoms with Gasteiger partial charge in [0.15, 0.2) is 0 Å². The van der Waals surface area contributed by atoms with Gasteiger partial charge in [-0.3, -0.25) is 0 Å². The van der Waals surface area contributed by atoms with Crippen molar-refractivity contribution in [2.24, 2.45) is 10.9 Å². The van der Waals surface area contributed by atoms with E-state index >= 15 is 0 Å². The average molecular weight is 188 g/mol. The van der Waals surface area contributed by atoms with Crippen LogP contribution in [-0.4, -0.2) is 6.08 Å². The lowest BCUT2D eigenvalue weighted by Crippen LogP contribution is -2.00. The van der Waals surface area contributed by atoms with Crippen LogP contribution >= 0.6 is 0 Å². The summed E-state index contributed by atoms with van der Waals surface area (Å²) in [6.45, 7) is 4.21. The van der Waals surface area contributed by atoms with E-state index in [2.05, 4.69) is 24.9 Å². The van der Waals surface area contributed by atoms with E-state index in [-0.39, 0.29) is 6.04 Å². The third-order valence-electron chi connectivity index (χ3n) is 2.00. The Morgan fingerprint density at radius 1 is 1.50 bits per heavy atom. The highest BCUT2D eigenvalue weighted by Crippen LogP contribution is 2.23. The quantitative estimate of drug-likeness (QED) is 0.527. The SMILES string of the molecule is CC(C)CC(N=C=O)c1[c]cccc1. The molecule has 73 valence electrons. The van der Waals surface area contributed by atoms with E-state index in [4.69, 9.17) is 0 Å². The molecule has 0 N–H and O–H groups in total. The Bertz CT molecular complexity index is 312. The Kier molecular flexibility index (Phi) is 4.09. The number of nitrogens with zero attached hydrogens (tertiary/aromatic N) is 1.